The Balaban J connectivity index is 2.18. The minimum Gasteiger partial charge on any atom is -0.356 e. The zero-order valence-electron chi connectivity index (χ0n) is 11.5. The van der Waals surface area contributed by atoms with E-state index in [0.29, 0.717) is 19.0 Å². The van der Waals surface area contributed by atoms with Crippen molar-refractivity contribution in [3.05, 3.63) is 30.1 Å². The third-order valence-corrected chi connectivity index (χ3v) is 2.56. The lowest BCUT2D eigenvalue weighted by atomic mass is 10.1. The summed E-state index contributed by atoms with van der Waals surface area (Å²) < 4.78 is 0. The Morgan fingerprint density at radius 2 is 1.95 bits per heavy atom. The van der Waals surface area contributed by atoms with E-state index in [1.807, 2.05) is 18.2 Å². The van der Waals surface area contributed by atoms with E-state index in [1.165, 1.54) is 0 Å². The standard InChI is InChI=1S/C14H21N3O2/c1-11(2)6-8-16-13(18)9-14(19)17-10-12-5-3-4-7-15-12/h3-5,7,11H,6,8-10H2,1-2H3,(H,16,18)(H,17,19). The van der Waals surface area contributed by atoms with Crippen LogP contribution in [0.4, 0.5) is 0 Å². The molecule has 0 aliphatic rings. The number of amides is 2. The van der Waals surface area contributed by atoms with Crippen molar-refractivity contribution in [2.45, 2.75) is 33.2 Å². The highest BCUT2D eigenvalue weighted by atomic mass is 16.2. The number of hydrogen-bond donors (Lipinski definition) is 2. The Kier molecular flexibility index (Phi) is 6.57. The van der Waals surface area contributed by atoms with Gasteiger partial charge in [0.25, 0.3) is 0 Å². The number of aromatic nitrogens is 1. The topological polar surface area (TPSA) is 71.1 Å². The molecule has 1 rings (SSSR count). The highest BCUT2D eigenvalue weighted by Gasteiger charge is 2.08. The molecule has 104 valence electrons. The van der Waals surface area contributed by atoms with Crippen LogP contribution in [0.5, 0.6) is 0 Å². The predicted molar refractivity (Wildman–Crippen MR) is 73.2 cm³/mol. The van der Waals surface area contributed by atoms with Crippen LogP contribution in [0.3, 0.4) is 0 Å². The van der Waals surface area contributed by atoms with Crippen molar-refractivity contribution in [2.24, 2.45) is 5.92 Å². The Morgan fingerprint density at radius 3 is 2.58 bits per heavy atom. The molecule has 0 atom stereocenters. The molecule has 0 saturated carbocycles. The van der Waals surface area contributed by atoms with Crippen molar-refractivity contribution in [3.63, 3.8) is 0 Å². The van der Waals surface area contributed by atoms with E-state index >= 15 is 0 Å². The summed E-state index contributed by atoms with van der Waals surface area (Å²) >= 11 is 0. The molecular formula is C14H21N3O2. The molecule has 0 spiro atoms. The third kappa shape index (κ3) is 7.18. The summed E-state index contributed by atoms with van der Waals surface area (Å²) in [7, 11) is 0. The van der Waals surface area contributed by atoms with Crippen LogP contribution >= 0.6 is 0 Å². The summed E-state index contributed by atoms with van der Waals surface area (Å²) in [5.41, 5.74) is 0.774. The van der Waals surface area contributed by atoms with Crippen molar-refractivity contribution in [2.75, 3.05) is 6.54 Å². The van der Waals surface area contributed by atoms with Gasteiger partial charge < -0.3 is 10.6 Å². The molecule has 0 bridgehead atoms. The number of pyridine rings is 1. The SMILES string of the molecule is CC(C)CCNC(=O)CC(=O)NCc1ccccn1. The molecule has 2 amide bonds. The molecule has 19 heavy (non-hydrogen) atoms. The Morgan fingerprint density at radius 1 is 1.21 bits per heavy atom. The van der Waals surface area contributed by atoms with Gasteiger partial charge in [0.15, 0.2) is 0 Å². The van der Waals surface area contributed by atoms with Gasteiger partial charge >= 0.3 is 0 Å². The minimum absolute atomic E-state index is 0.134. The quantitative estimate of drug-likeness (QED) is 0.727. The van der Waals surface area contributed by atoms with Crippen LogP contribution in [0.25, 0.3) is 0 Å². The zero-order chi connectivity index (χ0) is 14.1. The molecule has 0 saturated heterocycles. The highest BCUT2D eigenvalue weighted by Crippen LogP contribution is 1.96. The van der Waals surface area contributed by atoms with E-state index in [0.717, 1.165) is 12.1 Å². The summed E-state index contributed by atoms with van der Waals surface area (Å²) in [6, 6.07) is 5.49. The van der Waals surface area contributed by atoms with Crippen LogP contribution in [0, 0.1) is 5.92 Å². The summed E-state index contributed by atoms with van der Waals surface area (Å²) in [5, 5.41) is 5.39. The first-order valence-electron chi connectivity index (χ1n) is 6.51. The predicted octanol–water partition coefficient (Wildman–Crippen LogP) is 1.25. The molecule has 0 aromatic carbocycles. The van der Waals surface area contributed by atoms with E-state index in [-0.39, 0.29) is 18.2 Å². The Hall–Kier alpha value is -1.91. The van der Waals surface area contributed by atoms with Crippen LogP contribution in [-0.2, 0) is 16.1 Å². The first-order valence-corrected chi connectivity index (χ1v) is 6.51. The minimum atomic E-state index is -0.285. The monoisotopic (exact) mass is 263 g/mol. The van der Waals surface area contributed by atoms with E-state index < -0.39 is 0 Å². The van der Waals surface area contributed by atoms with Crippen LogP contribution < -0.4 is 10.6 Å². The fourth-order valence-corrected chi connectivity index (χ4v) is 1.46. The average molecular weight is 263 g/mol. The van der Waals surface area contributed by atoms with Crippen molar-refractivity contribution < 1.29 is 9.59 Å². The van der Waals surface area contributed by atoms with Gasteiger partial charge in [0.2, 0.25) is 11.8 Å². The summed E-state index contributed by atoms with van der Waals surface area (Å²) in [4.78, 5) is 27.1. The van der Waals surface area contributed by atoms with Crippen LogP contribution in [0.1, 0.15) is 32.4 Å². The number of carbonyl (C=O) groups excluding carboxylic acids is 2. The van der Waals surface area contributed by atoms with E-state index in [4.69, 9.17) is 0 Å². The molecular weight excluding hydrogens is 242 g/mol. The third-order valence-electron chi connectivity index (χ3n) is 2.56. The normalized spacial score (nSPS) is 10.3. The van der Waals surface area contributed by atoms with E-state index in [1.54, 1.807) is 6.20 Å². The smallest absolute Gasteiger partial charge is 0.229 e. The molecule has 1 heterocycles. The highest BCUT2D eigenvalue weighted by molar-refractivity contribution is 5.96. The Bertz CT molecular complexity index is 404. The number of hydrogen-bond acceptors (Lipinski definition) is 3. The molecule has 5 heteroatoms. The van der Waals surface area contributed by atoms with Gasteiger partial charge in [0, 0.05) is 12.7 Å². The second-order valence-corrected chi connectivity index (χ2v) is 4.81. The maximum absolute atomic E-state index is 11.5. The first kappa shape index (κ1) is 15.1. The van der Waals surface area contributed by atoms with Gasteiger partial charge in [-0.05, 0) is 24.5 Å². The molecule has 0 unspecified atom stereocenters. The fraction of sp³-hybridized carbons (Fsp3) is 0.500. The second kappa shape index (κ2) is 8.24. The van der Waals surface area contributed by atoms with Gasteiger partial charge in [-0.3, -0.25) is 14.6 Å². The van der Waals surface area contributed by atoms with Crippen molar-refractivity contribution >= 4 is 11.8 Å². The van der Waals surface area contributed by atoms with Gasteiger partial charge in [-0.25, -0.2) is 0 Å². The maximum atomic E-state index is 11.5. The summed E-state index contributed by atoms with van der Waals surface area (Å²) in [6.07, 6.45) is 2.45. The number of carbonyl (C=O) groups is 2. The number of nitrogens with one attached hydrogen (secondary N) is 2. The summed E-state index contributed by atoms with van der Waals surface area (Å²) in [5.74, 6) is 0.0187. The van der Waals surface area contributed by atoms with Gasteiger partial charge in [0.1, 0.15) is 6.42 Å². The lowest BCUT2D eigenvalue weighted by Gasteiger charge is -2.07. The Labute approximate surface area is 113 Å². The van der Waals surface area contributed by atoms with Crippen molar-refractivity contribution in [3.8, 4) is 0 Å². The van der Waals surface area contributed by atoms with Gasteiger partial charge in [-0.15, -0.1) is 0 Å². The van der Waals surface area contributed by atoms with E-state index in [2.05, 4.69) is 29.5 Å². The molecule has 0 aliphatic carbocycles. The molecule has 0 fully saturated rings. The number of rotatable bonds is 7. The lowest BCUT2D eigenvalue weighted by molar-refractivity contribution is -0.129. The maximum Gasteiger partial charge on any atom is 0.229 e. The zero-order valence-corrected chi connectivity index (χ0v) is 11.5. The molecule has 0 radical (unpaired) electrons. The molecule has 2 N–H and O–H groups in total. The van der Waals surface area contributed by atoms with Crippen LogP contribution in [-0.4, -0.2) is 23.3 Å². The fourth-order valence-electron chi connectivity index (χ4n) is 1.46. The van der Waals surface area contributed by atoms with Gasteiger partial charge in [-0.2, -0.15) is 0 Å². The van der Waals surface area contributed by atoms with Crippen molar-refractivity contribution in [1.29, 1.82) is 0 Å². The lowest BCUT2D eigenvalue weighted by Crippen LogP contribution is -2.32. The molecule has 1 aromatic heterocycles. The molecule has 1 aromatic rings. The number of nitrogens with zero attached hydrogens (tertiary/aromatic N) is 1. The second-order valence-electron chi connectivity index (χ2n) is 4.81. The molecule has 5 nitrogen and oxygen atoms in total. The van der Waals surface area contributed by atoms with Crippen molar-refractivity contribution in [1.82, 2.24) is 15.6 Å². The molecule has 0 aliphatic heterocycles. The van der Waals surface area contributed by atoms with Gasteiger partial charge in [0.05, 0.1) is 12.2 Å². The summed E-state index contributed by atoms with van der Waals surface area (Å²) in [6.45, 7) is 5.14. The van der Waals surface area contributed by atoms with Crippen LogP contribution in [0.2, 0.25) is 0 Å². The van der Waals surface area contributed by atoms with Gasteiger partial charge in [-0.1, -0.05) is 19.9 Å². The van der Waals surface area contributed by atoms with E-state index in [9.17, 15) is 9.59 Å². The first-order chi connectivity index (χ1) is 9.08. The van der Waals surface area contributed by atoms with Crippen LogP contribution in [0.15, 0.2) is 24.4 Å². The largest absolute Gasteiger partial charge is 0.356 e. The average Bonchev–Trinajstić information content (AvgIpc) is 2.37.